The van der Waals surface area contributed by atoms with Gasteiger partial charge in [0.15, 0.2) is 0 Å². The fourth-order valence-electron chi connectivity index (χ4n) is 1.47. The van der Waals surface area contributed by atoms with Crippen molar-refractivity contribution in [2.24, 2.45) is 5.73 Å². The van der Waals surface area contributed by atoms with Crippen LogP contribution < -0.4 is 5.73 Å². The van der Waals surface area contributed by atoms with Crippen molar-refractivity contribution >= 4 is 23.2 Å². The maximum atomic E-state index is 9.63. The van der Waals surface area contributed by atoms with Crippen molar-refractivity contribution < 1.29 is 5.11 Å². The third-order valence-corrected chi connectivity index (χ3v) is 2.14. The number of nitrogens with two attached hydrogens (primary N) is 1. The van der Waals surface area contributed by atoms with Crippen LogP contribution in [0.2, 0.25) is 0 Å². The van der Waals surface area contributed by atoms with Crippen molar-refractivity contribution in [1.29, 1.82) is 0 Å². The molecule has 0 unspecified atom stereocenters. The number of fused-ring (bicyclic) bond motifs is 1. The number of hydrogen-bond acceptors (Lipinski definition) is 2. The number of rotatable bonds is 1. The van der Waals surface area contributed by atoms with Gasteiger partial charge in [0.2, 0.25) is 0 Å². The van der Waals surface area contributed by atoms with Crippen molar-refractivity contribution in [2.75, 3.05) is 0 Å². The molecule has 0 atom stereocenters. The highest BCUT2D eigenvalue weighted by Gasteiger charge is 2.00. The van der Waals surface area contributed by atoms with Crippen molar-refractivity contribution in [2.45, 2.75) is 6.54 Å². The molecule has 2 rings (SSSR count). The Morgan fingerprint density at radius 2 is 1.86 bits per heavy atom. The highest BCUT2D eigenvalue weighted by Crippen LogP contribution is 2.25. The minimum Gasteiger partial charge on any atom is -0.507 e. The second-order valence-electron chi connectivity index (χ2n) is 3.04. The fourth-order valence-corrected chi connectivity index (χ4v) is 1.47. The normalized spacial score (nSPS) is 9.79. The molecular formula is C11H12ClNO. The third-order valence-electron chi connectivity index (χ3n) is 2.14. The van der Waals surface area contributed by atoms with Crippen molar-refractivity contribution in [1.82, 2.24) is 0 Å². The predicted molar refractivity (Wildman–Crippen MR) is 60.8 cm³/mol. The van der Waals surface area contributed by atoms with Crippen LogP contribution in [0.1, 0.15) is 5.56 Å². The monoisotopic (exact) mass is 209 g/mol. The van der Waals surface area contributed by atoms with Crippen molar-refractivity contribution in [3.8, 4) is 5.75 Å². The molecule has 0 fully saturated rings. The number of phenolic OH excluding ortho intramolecular Hbond substituents is 1. The minimum atomic E-state index is 0. The Kier molecular flexibility index (Phi) is 3.33. The lowest BCUT2D eigenvalue weighted by Crippen LogP contribution is -1.95. The molecule has 0 aliphatic rings. The van der Waals surface area contributed by atoms with Crippen LogP contribution in [0, 0.1) is 0 Å². The molecule has 14 heavy (non-hydrogen) atoms. The Hall–Kier alpha value is -1.25. The van der Waals surface area contributed by atoms with Gasteiger partial charge in [0, 0.05) is 11.9 Å². The average Bonchev–Trinajstić information content (AvgIpc) is 2.18. The molecule has 0 saturated carbocycles. The summed E-state index contributed by atoms with van der Waals surface area (Å²) in [6, 6.07) is 11.4. The van der Waals surface area contributed by atoms with E-state index in [9.17, 15) is 5.11 Å². The van der Waals surface area contributed by atoms with Gasteiger partial charge in [-0.15, -0.1) is 12.4 Å². The highest BCUT2D eigenvalue weighted by molar-refractivity contribution is 5.88. The summed E-state index contributed by atoms with van der Waals surface area (Å²) >= 11 is 0. The summed E-state index contributed by atoms with van der Waals surface area (Å²) in [7, 11) is 0. The Balaban J connectivity index is 0.000000980. The molecule has 0 saturated heterocycles. The molecule has 74 valence electrons. The van der Waals surface area contributed by atoms with Crippen LogP contribution in [0.3, 0.4) is 0 Å². The van der Waals surface area contributed by atoms with Crippen LogP contribution in [0.4, 0.5) is 0 Å². The van der Waals surface area contributed by atoms with Gasteiger partial charge in [0.25, 0.3) is 0 Å². The van der Waals surface area contributed by atoms with Crippen LogP contribution in [-0.2, 0) is 6.54 Å². The van der Waals surface area contributed by atoms with Crippen molar-refractivity contribution in [3.05, 3.63) is 42.0 Å². The van der Waals surface area contributed by atoms with E-state index in [0.717, 1.165) is 16.3 Å². The highest BCUT2D eigenvalue weighted by atomic mass is 35.5. The molecule has 0 aromatic heterocycles. The Morgan fingerprint density at radius 3 is 2.57 bits per heavy atom. The molecule has 0 bridgehead atoms. The molecule has 0 radical (unpaired) electrons. The number of aromatic hydroxyl groups is 1. The van der Waals surface area contributed by atoms with E-state index in [1.54, 1.807) is 6.07 Å². The van der Waals surface area contributed by atoms with Gasteiger partial charge in [-0.1, -0.05) is 24.3 Å². The number of phenols is 1. The van der Waals surface area contributed by atoms with E-state index in [1.807, 2.05) is 30.3 Å². The summed E-state index contributed by atoms with van der Waals surface area (Å²) < 4.78 is 0. The van der Waals surface area contributed by atoms with E-state index in [2.05, 4.69) is 0 Å². The zero-order valence-electron chi connectivity index (χ0n) is 7.60. The van der Waals surface area contributed by atoms with Gasteiger partial charge in [0.05, 0.1) is 0 Å². The van der Waals surface area contributed by atoms with Gasteiger partial charge in [-0.2, -0.15) is 0 Å². The lowest BCUT2D eigenvalue weighted by molar-refractivity contribution is 0.481. The second kappa shape index (κ2) is 4.31. The molecule has 0 amide bonds. The maximum absolute atomic E-state index is 9.63. The molecule has 0 aliphatic carbocycles. The predicted octanol–water partition coefficient (Wildman–Crippen LogP) is 2.43. The van der Waals surface area contributed by atoms with Gasteiger partial charge in [-0.25, -0.2) is 0 Å². The van der Waals surface area contributed by atoms with Gasteiger partial charge in [0.1, 0.15) is 5.75 Å². The SMILES string of the molecule is Cl.NCc1cc(O)c2ccccc2c1. The molecule has 0 heterocycles. The lowest BCUT2D eigenvalue weighted by atomic mass is 10.1. The fraction of sp³-hybridized carbons (Fsp3) is 0.0909. The first kappa shape index (κ1) is 10.8. The lowest BCUT2D eigenvalue weighted by Gasteiger charge is -2.03. The zero-order valence-corrected chi connectivity index (χ0v) is 8.42. The van der Waals surface area contributed by atoms with Gasteiger partial charge >= 0.3 is 0 Å². The maximum Gasteiger partial charge on any atom is 0.123 e. The van der Waals surface area contributed by atoms with Gasteiger partial charge < -0.3 is 10.8 Å². The molecular weight excluding hydrogens is 198 g/mol. The summed E-state index contributed by atoms with van der Waals surface area (Å²) in [6.07, 6.45) is 0. The first-order valence-corrected chi connectivity index (χ1v) is 4.22. The van der Waals surface area contributed by atoms with Crippen LogP contribution >= 0.6 is 12.4 Å². The smallest absolute Gasteiger partial charge is 0.123 e. The quantitative estimate of drug-likeness (QED) is 0.758. The molecule has 0 spiro atoms. The van der Waals surface area contributed by atoms with E-state index < -0.39 is 0 Å². The van der Waals surface area contributed by atoms with E-state index in [1.165, 1.54) is 0 Å². The average molecular weight is 210 g/mol. The largest absolute Gasteiger partial charge is 0.507 e. The second-order valence-corrected chi connectivity index (χ2v) is 3.04. The molecule has 3 heteroatoms. The van der Waals surface area contributed by atoms with E-state index >= 15 is 0 Å². The van der Waals surface area contributed by atoms with E-state index in [4.69, 9.17) is 5.73 Å². The summed E-state index contributed by atoms with van der Waals surface area (Å²) in [5, 5.41) is 11.5. The number of hydrogen-bond donors (Lipinski definition) is 2. The molecule has 0 aliphatic heterocycles. The van der Waals surface area contributed by atoms with Gasteiger partial charge in [-0.05, 0) is 23.1 Å². The standard InChI is InChI=1S/C11H11NO.ClH/c12-7-8-5-9-3-1-2-4-10(9)11(13)6-8;/h1-6,13H,7,12H2;1H. The summed E-state index contributed by atoms with van der Waals surface area (Å²) in [4.78, 5) is 0. The summed E-state index contributed by atoms with van der Waals surface area (Å²) in [6.45, 7) is 0.457. The first-order chi connectivity index (χ1) is 6.31. The molecule has 3 N–H and O–H groups in total. The summed E-state index contributed by atoms with van der Waals surface area (Å²) in [5.74, 6) is 0.304. The Labute approximate surface area is 88.8 Å². The topological polar surface area (TPSA) is 46.2 Å². The Morgan fingerprint density at radius 1 is 1.14 bits per heavy atom. The van der Waals surface area contributed by atoms with Crippen LogP contribution in [0.15, 0.2) is 36.4 Å². The first-order valence-electron chi connectivity index (χ1n) is 4.22. The van der Waals surface area contributed by atoms with Crippen molar-refractivity contribution in [3.63, 3.8) is 0 Å². The molecule has 2 aromatic carbocycles. The van der Waals surface area contributed by atoms with Gasteiger partial charge in [-0.3, -0.25) is 0 Å². The van der Waals surface area contributed by atoms with Crippen LogP contribution in [-0.4, -0.2) is 5.11 Å². The summed E-state index contributed by atoms with van der Waals surface area (Å²) in [5.41, 5.74) is 6.45. The molecule has 2 aromatic rings. The number of benzene rings is 2. The minimum absolute atomic E-state index is 0. The Bertz CT molecular complexity index is 442. The van der Waals surface area contributed by atoms with E-state index in [0.29, 0.717) is 12.3 Å². The van der Waals surface area contributed by atoms with Crippen LogP contribution in [0.25, 0.3) is 10.8 Å². The molecule has 2 nitrogen and oxygen atoms in total. The van der Waals surface area contributed by atoms with Crippen LogP contribution in [0.5, 0.6) is 5.75 Å². The van der Waals surface area contributed by atoms with E-state index in [-0.39, 0.29) is 12.4 Å². The zero-order chi connectivity index (χ0) is 9.26. The number of halogens is 1. The third kappa shape index (κ3) is 1.81.